The lowest BCUT2D eigenvalue weighted by Crippen LogP contribution is -2.20. The van der Waals surface area contributed by atoms with Crippen LogP contribution in [0, 0.1) is 0 Å². The van der Waals surface area contributed by atoms with E-state index in [9.17, 15) is 5.11 Å². The molecule has 124 valence electrons. The van der Waals surface area contributed by atoms with Crippen molar-refractivity contribution in [3.8, 4) is 5.75 Å². The van der Waals surface area contributed by atoms with Gasteiger partial charge in [0.05, 0.1) is 6.10 Å². The molecule has 0 unspecified atom stereocenters. The second kappa shape index (κ2) is 7.36. The van der Waals surface area contributed by atoms with Gasteiger partial charge in [-0.1, -0.05) is 30.8 Å². The number of thioether (sulfide) groups is 1. The van der Waals surface area contributed by atoms with Gasteiger partial charge in [0.15, 0.2) is 5.16 Å². The number of aryl methyl sites for hydroxylation is 1. The van der Waals surface area contributed by atoms with Crippen LogP contribution >= 0.6 is 11.8 Å². The van der Waals surface area contributed by atoms with Crippen LogP contribution in [0.2, 0.25) is 0 Å². The number of aromatic nitrogens is 3. The third-order valence-electron chi connectivity index (χ3n) is 3.96. The van der Waals surface area contributed by atoms with Crippen LogP contribution in [0.1, 0.15) is 37.1 Å². The molecular weight excluding hydrogens is 310 g/mol. The van der Waals surface area contributed by atoms with E-state index in [1.165, 1.54) is 30.2 Å². The Bertz CT molecular complexity index is 655. The van der Waals surface area contributed by atoms with Crippen molar-refractivity contribution in [3.63, 3.8) is 0 Å². The summed E-state index contributed by atoms with van der Waals surface area (Å²) in [6.45, 7) is 2.40. The summed E-state index contributed by atoms with van der Waals surface area (Å²) in [5, 5.41) is 19.4. The Morgan fingerprint density at radius 3 is 2.96 bits per heavy atom. The third kappa shape index (κ3) is 4.26. The van der Waals surface area contributed by atoms with Crippen molar-refractivity contribution >= 4 is 11.8 Å². The number of rotatable bonds is 8. The number of ether oxygens (including phenoxy) is 1. The van der Waals surface area contributed by atoms with Crippen LogP contribution in [0.15, 0.2) is 29.4 Å². The fraction of sp³-hybridized carbons (Fsp3) is 0.529. The predicted octanol–water partition coefficient (Wildman–Crippen LogP) is 2.79. The van der Waals surface area contributed by atoms with E-state index in [-0.39, 0.29) is 6.61 Å². The lowest BCUT2D eigenvalue weighted by molar-refractivity contribution is 0.126. The van der Waals surface area contributed by atoms with E-state index in [4.69, 9.17) is 4.74 Å². The minimum atomic E-state index is -0.536. The Kier molecular flexibility index (Phi) is 5.23. The molecule has 0 bridgehead atoms. The monoisotopic (exact) mass is 333 g/mol. The Balaban J connectivity index is 1.46. The second-order valence-corrected chi connectivity index (χ2v) is 6.94. The first kappa shape index (κ1) is 16.3. The normalized spacial score (nSPS) is 15.6. The highest BCUT2D eigenvalue weighted by atomic mass is 32.2. The van der Waals surface area contributed by atoms with Gasteiger partial charge in [0, 0.05) is 18.7 Å². The van der Waals surface area contributed by atoms with E-state index in [0.29, 0.717) is 11.7 Å². The molecule has 0 spiro atoms. The third-order valence-corrected chi connectivity index (χ3v) is 5.13. The van der Waals surface area contributed by atoms with E-state index < -0.39 is 6.10 Å². The van der Waals surface area contributed by atoms with E-state index in [2.05, 4.69) is 23.2 Å². The highest BCUT2D eigenvalue weighted by molar-refractivity contribution is 7.99. The molecule has 0 saturated heterocycles. The number of hydrogen-bond donors (Lipinski definition) is 1. The Morgan fingerprint density at radius 2 is 2.22 bits per heavy atom. The summed E-state index contributed by atoms with van der Waals surface area (Å²) < 4.78 is 7.72. The first-order chi connectivity index (χ1) is 11.2. The van der Waals surface area contributed by atoms with Crippen molar-refractivity contribution in [2.45, 2.75) is 43.4 Å². The average molecular weight is 333 g/mol. The predicted molar refractivity (Wildman–Crippen MR) is 91.0 cm³/mol. The van der Waals surface area contributed by atoms with Crippen LogP contribution in [0.4, 0.5) is 0 Å². The fourth-order valence-corrected chi connectivity index (χ4v) is 3.24. The molecule has 1 aromatic carbocycles. The Morgan fingerprint density at radius 1 is 1.39 bits per heavy atom. The SMILES string of the molecule is CCc1cccc(OC[C@H](O)CSc2nnc(C3CC3)n2C)c1. The summed E-state index contributed by atoms with van der Waals surface area (Å²) in [5.41, 5.74) is 1.23. The van der Waals surface area contributed by atoms with Crippen LogP contribution in [0.25, 0.3) is 0 Å². The molecule has 0 radical (unpaired) electrons. The van der Waals surface area contributed by atoms with Gasteiger partial charge in [-0.2, -0.15) is 0 Å². The van der Waals surface area contributed by atoms with E-state index in [0.717, 1.165) is 23.2 Å². The maximum Gasteiger partial charge on any atom is 0.191 e. The fourth-order valence-electron chi connectivity index (χ4n) is 2.42. The molecule has 1 heterocycles. The van der Waals surface area contributed by atoms with E-state index in [1.54, 1.807) is 0 Å². The topological polar surface area (TPSA) is 60.2 Å². The van der Waals surface area contributed by atoms with E-state index >= 15 is 0 Å². The van der Waals surface area contributed by atoms with Crippen molar-refractivity contribution in [3.05, 3.63) is 35.7 Å². The number of aliphatic hydroxyl groups is 1. The lowest BCUT2D eigenvalue weighted by atomic mass is 10.2. The lowest BCUT2D eigenvalue weighted by Gasteiger charge is -2.12. The van der Waals surface area contributed by atoms with Gasteiger partial charge in [-0.05, 0) is 37.0 Å². The minimum Gasteiger partial charge on any atom is -0.491 e. The zero-order valence-corrected chi connectivity index (χ0v) is 14.4. The largest absolute Gasteiger partial charge is 0.491 e. The quantitative estimate of drug-likeness (QED) is 0.753. The molecule has 6 heteroatoms. The molecule has 5 nitrogen and oxygen atoms in total. The molecule has 1 N–H and O–H groups in total. The van der Waals surface area contributed by atoms with Gasteiger partial charge in [0.2, 0.25) is 0 Å². The number of benzene rings is 1. The van der Waals surface area contributed by atoms with Crippen LogP contribution < -0.4 is 4.74 Å². The van der Waals surface area contributed by atoms with E-state index in [1.807, 2.05) is 29.8 Å². The molecule has 2 aromatic rings. The summed E-state index contributed by atoms with van der Waals surface area (Å²) >= 11 is 1.52. The van der Waals surface area contributed by atoms with Gasteiger partial charge >= 0.3 is 0 Å². The summed E-state index contributed by atoms with van der Waals surface area (Å²) in [6.07, 6.45) is 2.87. The molecule has 1 saturated carbocycles. The molecule has 0 aliphatic heterocycles. The summed E-state index contributed by atoms with van der Waals surface area (Å²) in [4.78, 5) is 0. The zero-order valence-electron chi connectivity index (χ0n) is 13.6. The molecule has 23 heavy (non-hydrogen) atoms. The van der Waals surface area contributed by atoms with Gasteiger partial charge in [-0.3, -0.25) is 0 Å². The Labute approximate surface area is 141 Å². The number of aliphatic hydroxyl groups excluding tert-OH is 1. The van der Waals surface area contributed by atoms with Gasteiger partial charge in [0.25, 0.3) is 0 Å². The molecular formula is C17H23N3O2S. The van der Waals surface area contributed by atoms with Crippen LogP contribution in [-0.4, -0.2) is 38.3 Å². The van der Waals surface area contributed by atoms with Crippen molar-refractivity contribution in [1.29, 1.82) is 0 Å². The van der Waals surface area contributed by atoms with Crippen molar-refractivity contribution in [2.24, 2.45) is 7.05 Å². The molecule has 1 fully saturated rings. The average Bonchev–Trinajstić information content (AvgIpc) is 3.35. The summed E-state index contributed by atoms with van der Waals surface area (Å²) in [5.74, 6) is 3.00. The summed E-state index contributed by atoms with van der Waals surface area (Å²) in [6, 6.07) is 7.99. The molecule has 1 aliphatic rings. The van der Waals surface area contributed by atoms with Crippen molar-refractivity contribution in [1.82, 2.24) is 14.8 Å². The molecule has 3 rings (SSSR count). The highest BCUT2D eigenvalue weighted by Gasteiger charge is 2.29. The van der Waals surface area contributed by atoms with Crippen molar-refractivity contribution in [2.75, 3.05) is 12.4 Å². The Hall–Kier alpha value is -1.53. The maximum absolute atomic E-state index is 10.1. The van der Waals surface area contributed by atoms with Crippen LogP contribution in [-0.2, 0) is 13.5 Å². The molecule has 1 atom stereocenters. The molecule has 1 aromatic heterocycles. The summed E-state index contributed by atoms with van der Waals surface area (Å²) in [7, 11) is 2.00. The number of nitrogens with zero attached hydrogens (tertiary/aromatic N) is 3. The highest BCUT2D eigenvalue weighted by Crippen LogP contribution is 2.39. The van der Waals surface area contributed by atoms with Crippen LogP contribution in [0.3, 0.4) is 0 Å². The first-order valence-electron chi connectivity index (χ1n) is 8.09. The number of hydrogen-bond acceptors (Lipinski definition) is 5. The van der Waals surface area contributed by atoms with Gasteiger partial charge in [-0.25, -0.2) is 0 Å². The second-order valence-electron chi connectivity index (χ2n) is 5.95. The smallest absolute Gasteiger partial charge is 0.191 e. The standard InChI is InChI=1S/C17H23N3O2S/c1-3-12-5-4-6-15(9-12)22-10-14(21)11-23-17-19-18-16(20(17)2)13-7-8-13/h4-6,9,13-14,21H,3,7-8,10-11H2,1-2H3/t14-/m0/s1. The first-order valence-corrected chi connectivity index (χ1v) is 9.07. The molecule has 0 amide bonds. The zero-order chi connectivity index (χ0) is 16.2. The van der Waals surface area contributed by atoms with Gasteiger partial charge in [0.1, 0.15) is 18.2 Å². The molecule has 1 aliphatic carbocycles. The maximum atomic E-state index is 10.1. The van der Waals surface area contributed by atoms with Gasteiger partial charge in [-0.15, -0.1) is 10.2 Å². The van der Waals surface area contributed by atoms with Crippen molar-refractivity contribution < 1.29 is 9.84 Å². The van der Waals surface area contributed by atoms with Gasteiger partial charge < -0.3 is 14.4 Å². The van der Waals surface area contributed by atoms with Crippen LogP contribution in [0.5, 0.6) is 5.75 Å². The minimum absolute atomic E-state index is 0.285.